The van der Waals surface area contributed by atoms with Gasteiger partial charge >= 0.3 is 0 Å². The molecular weight excluding hydrogens is 230 g/mol. The summed E-state index contributed by atoms with van der Waals surface area (Å²) in [5, 5.41) is 0. The van der Waals surface area contributed by atoms with Crippen molar-refractivity contribution in [3.63, 3.8) is 0 Å². The van der Waals surface area contributed by atoms with Gasteiger partial charge in [0.2, 0.25) is 0 Å². The Balaban J connectivity index is 1.80. The highest BCUT2D eigenvalue weighted by atomic mass is 14.8. The Hall–Kier alpha value is -0.0400. The first kappa shape index (κ1) is 13.9. The van der Waals surface area contributed by atoms with E-state index in [-0.39, 0.29) is 0 Å². The molecule has 4 aliphatic rings. The van der Waals surface area contributed by atoms with Crippen LogP contribution in [0.25, 0.3) is 0 Å². The molecule has 0 aliphatic heterocycles. The lowest BCUT2D eigenvalue weighted by Gasteiger charge is -2.67. The Bertz CT molecular complexity index is 341. The highest BCUT2D eigenvalue weighted by Crippen LogP contribution is 2.70. The summed E-state index contributed by atoms with van der Waals surface area (Å²) < 4.78 is 0. The van der Waals surface area contributed by atoms with E-state index in [1.54, 1.807) is 0 Å². The minimum absolute atomic E-state index is 0.456. The Kier molecular flexibility index (Phi) is 3.10. The molecule has 4 fully saturated rings. The maximum Gasteiger partial charge on any atom is 0.00961 e. The van der Waals surface area contributed by atoms with Crippen molar-refractivity contribution in [3.05, 3.63) is 0 Å². The largest absolute Gasteiger partial charge is 0.327 e. The molecule has 4 saturated carbocycles. The topological polar surface area (TPSA) is 26.0 Å². The molecule has 0 aromatic carbocycles. The van der Waals surface area contributed by atoms with Crippen molar-refractivity contribution in [2.45, 2.75) is 85.1 Å². The fraction of sp³-hybridized carbons (Fsp3) is 1.00. The van der Waals surface area contributed by atoms with Crippen LogP contribution in [0.3, 0.4) is 0 Å². The second kappa shape index (κ2) is 4.23. The Labute approximate surface area is 119 Å². The fourth-order valence-corrected chi connectivity index (χ4v) is 6.77. The molecule has 0 radical (unpaired) electrons. The number of rotatable bonds is 4. The third-order valence-corrected chi connectivity index (χ3v) is 6.51. The summed E-state index contributed by atoms with van der Waals surface area (Å²) in [7, 11) is 0. The number of hydrogen-bond donors (Lipinski definition) is 1. The molecule has 0 aromatic rings. The minimum atomic E-state index is 0.456. The van der Waals surface area contributed by atoms with Crippen molar-refractivity contribution in [2.75, 3.05) is 0 Å². The molecule has 0 spiro atoms. The molecule has 0 saturated heterocycles. The standard InChI is InChI=1S/C18H33N/c1-13(2)5-6-15(19)18-9-14-7-16(3,11-18)10-17(4,8-14)12-18/h13-15H,5-12,19H2,1-4H3. The maximum atomic E-state index is 6.74. The summed E-state index contributed by atoms with van der Waals surface area (Å²) in [5.41, 5.74) is 8.47. The molecule has 0 heterocycles. The maximum absolute atomic E-state index is 6.74. The quantitative estimate of drug-likeness (QED) is 0.778. The third kappa shape index (κ3) is 2.37. The molecule has 19 heavy (non-hydrogen) atoms. The molecule has 110 valence electrons. The Morgan fingerprint density at radius 2 is 1.53 bits per heavy atom. The van der Waals surface area contributed by atoms with Gasteiger partial charge in [0.15, 0.2) is 0 Å². The van der Waals surface area contributed by atoms with E-state index in [9.17, 15) is 0 Å². The van der Waals surface area contributed by atoms with Gasteiger partial charge in [-0.2, -0.15) is 0 Å². The van der Waals surface area contributed by atoms with Crippen LogP contribution in [-0.2, 0) is 0 Å². The predicted molar refractivity (Wildman–Crippen MR) is 81.9 cm³/mol. The highest BCUT2D eigenvalue weighted by molar-refractivity contribution is 5.12. The van der Waals surface area contributed by atoms with Crippen molar-refractivity contribution < 1.29 is 0 Å². The lowest BCUT2D eigenvalue weighted by atomic mass is 9.39. The molecule has 0 amide bonds. The summed E-state index contributed by atoms with van der Waals surface area (Å²) >= 11 is 0. The van der Waals surface area contributed by atoms with Crippen LogP contribution in [0, 0.1) is 28.1 Å². The molecule has 1 nitrogen and oxygen atoms in total. The van der Waals surface area contributed by atoms with Crippen LogP contribution in [0.2, 0.25) is 0 Å². The zero-order valence-electron chi connectivity index (χ0n) is 13.5. The first-order valence-corrected chi connectivity index (χ1v) is 8.50. The van der Waals surface area contributed by atoms with Gasteiger partial charge in [-0.05, 0) is 79.4 Å². The average Bonchev–Trinajstić information content (AvgIpc) is 2.20. The van der Waals surface area contributed by atoms with Gasteiger partial charge in [-0.25, -0.2) is 0 Å². The van der Waals surface area contributed by atoms with Crippen molar-refractivity contribution in [2.24, 2.45) is 33.8 Å². The van der Waals surface area contributed by atoms with Crippen LogP contribution in [-0.4, -0.2) is 6.04 Å². The van der Waals surface area contributed by atoms with Crippen LogP contribution in [0.5, 0.6) is 0 Å². The monoisotopic (exact) mass is 263 g/mol. The molecule has 4 rings (SSSR count). The van der Waals surface area contributed by atoms with Gasteiger partial charge in [-0.3, -0.25) is 0 Å². The van der Waals surface area contributed by atoms with Crippen molar-refractivity contribution in [3.8, 4) is 0 Å². The third-order valence-electron chi connectivity index (χ3n) is 6.51. The molecule has 0 aromatic heterocycles. The normalized spacial score (nSPS) is 49.9. The lowest BCUT2D eigenvalue weighted by Crippen LogP contribution is -2.60. The van der Waals surface area contributed by atoms with E-state index in [1.165, 1.54) is 51.4 Å². The summed E-state index contributed by atoms with van der Waals surface area (Å²) in [6, 6.07) is 0.456. The zero-order chi connectivity index (χ0) is 13.9. The van der Waals surface area contributed by atoms with E-state index < -0.39 is 0 Å². The summed E-state index contributed by atoms with van der Waals surface area (Å²) in [6.45, 7) is 9.77. The lowest BCUT2D eigenvalue weighted by molar-refractivity contribution is -0.154. The smallest absolute Gasteiger partial charge is 0.00961 e. The first-order chi connectivity index (χ1) is 8.74. The van der Waals surface area contributed by atoms with Gasteiger partial charge in [-0.1, -0.05) is 27.7 Å². The SMILES string of the molecule is CC(C)CCC(N)C12CC3CC(C)(CC(C)(C3)C1)C2. The van der Waals surface area contributed by atoms with Gasteiger partial charge in [0, 0.05) is 6.04 Å². The van der Waals surface area contributed by atoms with Crippen LogP contribution in [0.15, 0.2) is 0 Å². The van der Waals surface area contributed by atoms with Gasteiger partial charge in [-0.15, -0.1) is 0 Å². The van der Waals surface area contributed by atoms with Crippen LogP contribution >= 0.6 is 0 Å². The van der Waals surface area contributed by atoms with E-state index in [2.05, 4.69) is 27.7 Å². The van der Waals surface area contributed by atoms with Crippen LogP contribution in [0.1, 0.15) is 79.1 Å². The average molecular weight is 263 g/mol. The molecule has 4 bridgehead atoms. The van der Waals surface area contributed by atoms with Gasteiger partial charge in [0.1, 0.15) is 0 Å². The molecule has 3 unspecified atom stereocenters. The highest BCUT2D eigenvalue weighted by Gasteiger charge is 2.61. The Morgan fingerprint density at radius 1 is 0.947 bits per heavy atom. The van der Waals surface area contributed by atoms with E-state index in [4.69, 9.17) is 5.73 Å². The van der Waals surface area contributed by atoms with E-state index >= 15 is 0 Å². The predicted octanol–water partition coefficient (Wildman–Crippen LogP) is 4.75. The Morgan fingerprint density at radius 3 is 2.00 bits per heavy atom. The number of hydrogen-bond acceptors (Lipinski definition) is 1. The molecule has 1 heteroatoms. The van der Waals surface area contributed by atoms with Crippen LogP contribution < -0.4 is 5.73 Å². The first-order valence-electron chi connectivity index (χ1n) is 8.50. The second-order valence-electron chi connectivity index (χ2n) is 9.57. The van der Waals surface area contributed by atoms with Crippen LogP contribution in [0.4, 0.5) is 0 Å². The van der Waals surface area contributed by atoms with Gasteiger partial charge in [0.25, 0.3) is 0 Å². The summed E-state index contributed by atoms with van der Waals surface area (Å²) in [5.74, 6) is 1.78. The van der Waals surface area contributed by atoms with Crippen molar-refractivity contribution in [1.82, 2.24) is 0 Å². The van der Waals surface area contributed by atoms with Crippen molar-refractivity contribution >= 4 is 0 Å². The van der Waals surface area contributed by atoms with Crippen molar-refractivity contribution in [1.29, 1.82) is 0 Å². The molecule has 3 atom stereocenters. The minimum Gasteiger partial charge on any atom is -0.327 e. The van der Waals surface area contributed by atoms with Gasteiger partial charge < -0.3 is 5.73 Å². The summed E-state index contributed by atoms with van der Waals surface area (Å²) in [4.78, 5) is 0. The fourth-order valence-electron chi connectivity index (χ4n) is 6.77. The second-order valence-corrected chi connectivity index (χ2v) is 9.57. The molecular formula is C18H33N. The van der Waals surface area contributed by atoms with E-state index in [0.29, 0.717) is 22.3 Å². The number of nitrogens with two attached hydrogens (primary N) is 1. The molecule has 4 aliphatic carbocycles. The van der Waals surface area contributed by atoms with Gasteiger partial charge in [0.05, 0.1) is 0 Å². The van der Waals surface area contributed by atoms with E-state index in [0.717, 1.165) is 11.8 Å². The zero-order valence-corrected chi connectivity index (χ0v) is 13.5. The summed E-state index contributed by atoms with van der Waals surface area (Å²) in [6.07, 6.45) is 11.3. The van der Waals surface area contributed by atoms with E-state index in [1.807, 2.05) is 0 Å². The molecule has 2 N–H and O–H groups in total.